The molecule has 0 saturated carbocycles. The standard InChI is InChI=1S/C14H17FN2/c1-2-14(16)12-7-8-17(10-12)9-11-5-3-4-6-13(11)15/h3-8,10,14H,2,9,16H2,1H3. The van der Waals surface area contributed by atoms with Crippen LogP contribution < -0.4 is 5.73 Å². The smallest absolute Gasteiger partial charge is 0.128 e. The van der Waals surface area contributed by atoms with E-state index in [1.807, 2.05) is 29.1 Å². The van der Waals surface area contributed by atoms with Crippen LogP contribution in [0.25, 0.3) is 0 Å². The predicted molar refractivity (Wildman–Crippen MR) is 67.2 cm³/mol. The lowest BCUT2D eigenvalue weighted by Crippen LogP contribution is -2.07. The van der Waals surface area contributed by atoms with E-state index in [-0.39, 0.29) is 11.9 Å². The van der Waals surface area contributed by atoms with Crippen molar-refractivity contribution in [1.29, 1.82) is 0 Å². The largest absolute Gasteiger partial charge is 0.349 e. The molecule has 0 fully saturated rings. The third kappa shape index (κ3) is 2.74. The van der Waals surface area contributed by atoms with Crippen molar-refractivity contribution in [2.75, 3.05) is 0 Å². The van der Waals surface area contributed by atoms with Gasteiger partial charge >= 0.3 is 0 Å². The second kappa shape index (κ2) is 5.15. The Bertz CT molecular complexity index is 490. The van der Waals surface area contributed by atoms with Gasteiger partial charge in [0.15, 0.2) is 0 Å². The quantitative estimate of drug-likeness (QED) is 0.862. The topological polar surface area (TPSA) is 30.9 Å². The van der Waals surface area contributed by atoms with E-state index in [0.717, 1.165) is 12.0 Å². The van der Waals surface area contributed by atoms with E-state index in [1.165, 1.54) is 6.07 Å². The van der Waals surface area contributed by atoms with Crippen LogP contribution in [0.2, 0.25) is 0 Å². The molecule has 0 spiro atoms. The van der Waals surface area contributed by atoms with Crippen LogP contribution in [0.4, 0.5) is 4.39 Å². The summed E-state index contributed by atoms with van der Waals surface area (Å²) in [5.74, 6) is -0.164. The minimum Gasteiger partial charge on any atom is -0.349 e. The summed E-state index contributed by atoms with van der Waals surface area (Å²) in [6, 6.07) is 8.89. The first kappa shape index (κ1) is 11.9. The van der Waals surface area contributed by atoms with Crippen LogP contribution in [0.3, 0.4) is 0 Å². The van der Waals surface area contributed by atoms with Crippen molar-refractivity contribution in [3.8, 4) is 0 Å². The molecule has 0 aliphatic rings. The molecule has 1 heterocycles. The Labute approximate surface area is 101 Å². The highest BCUT2D eigenvalue weighted by Crippen LogP contribution is 2.15. The maximum absolute atomic E-state index is 13.5. The van der Waals surface area contributed by atoms with Crippen molar-refractivity contribution in [2.24, 2.45) is 5.73 Å². The molecule has 1 aromatic carbocycles. The van der Waals surface area contributed by atoms with Gasteiger partial charge in [0.05, 0.1) is 0 Å². The number of hydrogen-bond donors (Lipinski definition) is 1. The zero-order valence-corrected chi connectivity index (χ0v) is 9.94. The molecule has 3 heteroatoms. The number of benzene rings is 1. The van der Waals surface area contributed by atoms with Crippen LogP contribution in [0.5, 0.6) is 0 Å². The molecule has 2 N–H and O–H groups in total. The van der Waals surface area contributed by atoms with E-state index in [1.54, 1.807) is 12.1 Å². The lowest BCUT2D eigenvalue weighted by Gasteiger charge is -2.06. The number of rotatable bonds is 4. The highest BCUT2D eigenvalue weighted by Gasteiger charge is 2.06. The Morgan fingerprint density at radius 2 is 2.06 bits per heavy atom. The molecule has 1 unspecified atom stereocenters. The molecule has 0 aliphatic heterocycles. The van der Waals surface area contributed by atoms with Crippen molar-refractivity contribution in [1.82, 2.24) is 4.57 Å². The number of aromatic nitrogens is 1. The van der Waals surface area contributed by atoms with Crippen LogP contribution >= 0.6 is 0 Å². The lowest BCUT2D eigenvalue weighted by atomic mass is 10.1. The minimum atomic E-state index is -0.164. The zero-order valence-electron chi connectivity index (χ0n) is 9.94. The fourth-order valence-corrected chi connectivity index (χ4v) is 1.84. The van der Waals surface area contributed by atoms with Gasteiger partial charge in [-0.2, -0.15) is 0 Å². The molecule has 0 radical (unpaired) electrons. The van der Waals surface area contributed by atoms with E-state index < -0.39 is 0 Å². The first-order chi connectivity index (χ1) is 8.20. The van der Waals surface area contributed by atoms with E-state index in [0.29, 0.717) is 12.1 Å². The van der Waals surface area contributed by atoms with Crippen LogP contribution in [0, 0.1) is 5.82 Å². The Balaban J connectivity index is 2.14. The van der Waals surface area contributed by atoms with Gasteiger partial charge in [-0.1, -0.05) is 25.1 Å². The van der Waals surface area contributed by atoms with E-state index in [2.05, 4.69) is 6.92 Å². The maximum Gasteiger partial charge on any atom is 0.128 e. The second-order valence-corrected chi connectivity index (χ2v) is 4.22. The van der Waals surface area contributed by atoms with Gasteiger partial charge in [-0.05, 0) is 24.1 Å². The first-order valence-electron chi connectivity index (χ1n) is 5.85. The normalized spacial score (nSPS) is 12.6. The monoisotopic (exact) mass is 232 g/mol. The molecule has 90 valence electrons. The van der Waals surface area contributed by atoms with E-state index >= 15 is 0 Å². The van der Waals surface area contributed by atoms with Crippen molar-refractivity contribution in [2.45, 2.75) is 25.9 Å². The van der Waals surface area contributed by atoms with Crippen molar-refractivity contribution < 1.29 is 4.39 Å². The van der Waals surface area contributed by atoms with Crippen molar-refractivity contribution >= 4 is 0 Å². The van der Waals surface area contributed by atoms with Gasteiger partial charge in [-0.25, -0.2) is 4.39 Å². The van der Waals surface area contributed by atoms with Gasteiger partial charge in [0.2, 0.25) is 0 Å². The predicted octanol–water partition coefficient (Wildman–Crippen LogP) is 3.09. The summed E-state index contributed by atoms with van der Waals surface area (Å²) >= 11 is 0. The van der Waals surface area contributed by atoms with E-state index in [9.17, 15) is 4.39 Å². The van der Waals surface area contributed by atoms with Gasteiger partial charge in [0.25, 0.3) is 0 Å². The van der Waals surface area contributed by atoms with Crippen molar-refractivity contribution in [3.63, 3.8) is 0 Å². The van der Waals surface area contributed by atoms with Crippen LogP contribution in [0.15, 0.2) is 42.7 Å². The van der Waals surface area contributed by atoms with Gasteiger partial charge in [0.1, 0.15) is 5.82 Å². The lowest BCUT2D eigenvalue weighted by molar-refractivity contribution is 0.599. The summed E-state index contributed by atoms with van der Waals surface area (Å²) in [6.07, 6.45) is 4.83. The number of hydrogen-bond acceptors (Lipinski definition) is 1. The third-order valence-corrected chi connectivity index (χ3v) is 2.95. The highest BCUT2D eigenvalue weighted by atomic mass is 19.1. The number of nitrogens with two attached hydrogens (primary N) is 1. The fourth-order valence-electron chi connectivity index (χ4n) is 1.84. The van der Waals surface area contributed by atoms with Crippen molar-refractivity contribution in [3.05, 3.63) is 59.7 Å². The van der Waals surface area contributed by atoms with Crippen LogP contribution in [-0.2, 0) is 6.54 Å². The van der Waals surface area contributed by atoms with Gasteiger partial charge in [-0.15, -0.1) is 0 Å². The summed E-state index contributed by atoms with van der Waals surface area (Å²) < 4.78 is 15.4. The molecular formula is C14H17FN2. The highest BCUT2D eigenvalue weighted by molar-refractivity contribution is 5.20. The van der Waals surface area contributed by atoms with Gasteiger partial charge < -0.3 is 10.3 Å². The molecule has 0 bridgehead atoms. The van der Waals surface area contributed by atoms with Crippen LogP contribution in [0.1, 0.15) is 30.5 Å². The zero-order chi connectivity index (χ0) is 12.3. The first-order valence-corrected chi connectivity index (χ1v) is 5.85. The molecule has 2 nitrogen and oxygen atoms in total. The molecule has 0 amide bonds. The van der Waals surface area contributed by atoms with Gasteiger partial charge in [-0.3, -0.25) is 0 Å². The fraction of sp³-hybridized carbons (Fsp3) is 0.286. The molecule has 17 heavy (non-hydrogen) atoms. The van der Waals surface area contributed by atoms with E-state index in [4.69, 9.17) is 5.73 Å². The Kier molecular flexibility index (Phi) is 3.59. The Morgan fingerprint density at radius 1 is 1.29 bits per heavy atom. The third-order valence-electron chi connectivity index (χ3n) is 2.95. The number of halogens is 1. The summed E-state index contributed by atoms with van der Waals surface area (Å²) in [5.41, 5.74) is 7.74. The molecular weight excluding hydrogens is 215 g/mol. The molecule has 0 saturated heterocycles. The Hall–Kier alpha value is -1.61. The molecule has 1 aromatic heterocycles. The SMILES string of the molecule is CCC(N)c1ccn(Cc2ccccc2F)c1. The molecule has 1 atom stereocenters. The number of nitrogens with zero attached hydrogens (tertiary/aromatic N) is 1. The summed E-state index contributed by atoms with van der Waals surface area (Å²) in [7, 11) is 0. The molecule has 2 aromatic rings. The summed E-state index contributed by atoms with van der Waals surface area (Å²) in [4.78, 5) is 0. The molecule has 2 rings (SSSR count). The summed E-state index contributed by atoms with van der Waals surface area (Å²) in [5, 5.41) is 0. The summed E-state index contributed by atoms with van der Waals surface area (Å²) in [6.45, 7) is 2.60. The minimum absolute atomic E-state index is 0.0665. The average molecular weight is 232 g/mol. The van der Waals surface area contributed by atoms with Crippen LogP contribution in [-0.4, -0.2) is 4.57 Å². The maximum atomic E-state index is 13.5. The van der Waals surface area contributed by atoms with Gasteiger partial charge in [0, 0.05) is 30.5 Å². The Morgan fingerprint density at radius 3 is 2.76 bits per heavy atom. The average Bonchev–Trinajstić information content (AvgIpc) is 2.80. The second-order valence-electron chi connectivity index (χ2n) is 4.22. The molecule has 0 aliphatic carbocycles.